The summed E-state index contributed by atoms with van der Waals surface area (Å²) in [6.45, 7) is 6.52. The largest absolute Gasteiger partial charge is 0.325 e. The molecule has 0 aliphatic carbocycles. The van der Waals surface area contributed by atoms with Gasteiger partial charge in [-0.1, -0.05) is 49.7 Å². The number of amides is 2. The van der Waals surface area contributed by atoms with Crippen molar-refractivity contribution in [2.45, 2.75) is 33.1 Å². The fraction of sp³-hybridized carbons (Fsp3) is 0.333. The Kier molecular flexibility index (Phi) is 5.33. The van der Waals surface area contributed by atoms with Gasteiger partial charge in [0.15, 0.2) is 0 Å². The van der Waals surface area contributed by atoms with Gasteiger partial charge in [-0.3, -0.25) is 9.59 Å². The minimum absolute atomic E-state index is 0.0129. The summed E-state index contributed by atoms with van der Waals surface area (Å²) >= 11 is 6.02. The quantitative estimate of drug-likeness (QED) is 0.843. The Labute approximate surface area is 159 Å². The molecule has 1 saturated heterocycles. The molecule has 1 aliphatic heterocycles. The topological polar surface area (TPSA) is 49.4 Å². The second-order valence-corrected chi connectivity index (χ2v) is 7.50. The van der Waals surface area contributed by atoms with E-state index in [1.807, 2.05) is 37.3 Å². The molecule has 1 fully saturated rings. The maximum Gasteiger partial charge on any atom is 0.229 e. The van der Waals surface area contributed by atoms with Crippen LogP contribution in [0.4, 0.5) is 11.4 Å². The lowest BCUT2D eigenvalue weighted by molar-refractivity contribution is -0.122. The number of rotatable bonds is 4. The fourth-order valence-electron chi connectivity index (χ4n) is 3.30. The van der Waals surface area contributed by atoms with E-state index < -0.39 is 0 Å². The Balaban J connectivity index is 1.77. The van der Waals surface area contributed by atoms with Crippen LogP contribution in [0.1, 0.15) is 37.3 Å². The number of carbonyl (C=O) groups is 2. The lowest BCUT2D eigenvalue weighted by Gasteiger charge is -2.22. The second kappa shape index (κ2) is 7.50. The van der Waals surface area contributed by atoms with Gasteiger partial charge in [0, 0.05) is 29.4 Å². The summed E-state index contributed by atoms with van der Waals surface area (Å²) in [6, 6.07) is 13.3. The Morgan fingerprint density at radius 2 is 1.96 bits per heavy atom. The average molecular weight is 371 g/mol. The molecule has 3 rings (SSSR count). The van der Waals surface area contributed by atoms with Gasteiger partial charge in [-0.05, 0) is 42.2 Å². The van der Waals surface area contributed by atoms with Crippen molar-refractivity contribution >= 4 is 34.8 Å². The van der Waals surface area contributed by atoms with Crippen LogP contribution in [-0.4, -0.2) is 18.4 Å². The zero-order valence-electron chi connectivity index (χ0n) is 15.3. The second-order valence-electron chi connectivity index (χ2n) is 7.07. The minimum atomic E-state index is -0.374. The molecular formula is C21H23ClN2O2. The summed E-state index contributed by atoms with van der Waals surface area (Å²) in [4.78, 5) is 27.0. The van der Waals surface area contributed by atoms with E-state index in [0.29, 0.717) is 23.2 Å². The van der Waals surface area contributed by atoms with Crippen molar-refractivity contribution in [3.63, 3.8) is 0 Å². The predicted molar refractivity (Wildman–Crippen MR) is 106 cm³/mol. The Bertz CT molecular complexity index is 848. The van der Waals surface area contributed by atoms with Crippen LogP contribution in [-0.2, 0) is 9.59 Å². The number of carbonyl (C=O) groups excluding carboxylic acids is 2. The van der Waals surface area contributed by atoms with E-state index >= 15 is 0 Å². The normalized spacial score (nSPS) is 17.0. The first-order valence-corrected chi connectivity index (χ1v) is 9.21. The zero-order chi connectivity index (χ0) is 18.8. The third kappa shape index (κ3) is 3.75. The lowest BCUT2D eigenvalue weighted by Crippen LogP contribution is -2.29. The van der Waals surface area contributed by atoms with E-state index in [1.54, 1.807) is 17.0 Å². The molecule has 5 heteroatoms. The predicted octanol–water partition coefficient (Wildman–Crippen LogP) is 4.76. The monoisotopic (exact) mass is 370 g/mol. The maximum atomic E-state index is 12.7. The Hall–Kier alpha value is -2.33. The van der Waals surface area contributed by atoms with Crippen LogP contribution in [0.3, 0.4) is 0 Å². The van der Waals surface area contributed by atoms with Crippen LogP contribution in [0.25, 0.3) is 0 Å². The highest BCUT2D eigenvalue weighted by atomic mass is 35.5. The van der Waals surface area contributed by atoms with Crippen molar-refractivity contribution < 1.29 is 9.59 Å². The molecule has 0 bridgehead atoms. The molecule has 1 unspecified atom stereocenters. The smallest absolute Gasteiger partial charge is 0.229 e. The molecule has 136 valence electrons. The summed E-state index contributed by atoms with van der Waals surface area (Å²) in [5.74, 6) is -0.226. The number of benzene rings is 2. The number of nitrogens with one attached hydrogen (secondary N) is 1. The first-order valence-electron chi connectivity index (χ1n) is 8.83. The Morgan fingerprint density at radius 3 is 2.69 bits per heavy atom. The number of hydrogen-bond donors (Lipinski definition) is 1. The summed E-state index contributed by atoms with van der Waals surface area (Å²) in [6.07, 6.45) is 0.220. The first-order chi connectivity index (χ1) is 12.4. The number of aryl methyl sites for hydroxylation is 1. The van der Waals surface area contributed by atoms with Gasteiger partial charge in [0.25, 0.3) is 0 Å². The molecule has 0 spiro atoms. The van der Waals surface area contributed by atoms with Crippen molar-refractivity contribution in [1.29, 1.82) is 0 Å². The number of para-hydroxylation sites is 1. The summed E-state index contributed by atoms with van der Waals surface area (Å²) in [5, 5.41) is 3.49. The van der Waals surface area contributed by atoms with Gasteiger partial charge in [0.05, 0.1) is 5.92 Å². The highest BCUT2D eigenvalue weighted by molar-refractivity contribution is 6.31. The molecular weight excluding hydrogens is 348 g/mol. The van der Waals surface area contributed by atoms with E-state index in [1.165, 1.54) is 0 Å². The van der Waals surface area contributed by atoms with Gasteiger partial charge >= 0.3 is 0 Å². The Morgan fingerprint density at radius 1 is 1.23 bits per heavy atom. The zero-order valence-corrected chi connectivity index (χ0v) is 16.0. The van der Waals surface area contributed by atoms with Gasteiger partial charge < -0.3 is 10.2 Å². The van der Waals surface area contributed by atoms with E-state index in [4.69, 9.17) is 11.6 Å². The number of halogens is 1. The van der Waals surface area contributed by atoms with E-state index in [2.05, 4.69) is 19.2 Å². The number of hydrogen-bond acceptors (Lipinski definition) is 2. The van der Waals surface area contributed by atoms with Crippen LogP contribution in [0.2, 0.25) is 5.02 Å². The molecule has 1 N–H and O–H groups in total. The summed E-state index contributed by atoms with van der Waals surface area (Å²) < 4.78 is 0. The highest BCUT2D eigenvalue weighted by Gasteiger charge is 2.36. The fourth-order valence-corrected chi connectivity index (χ4v) is 3.47. The van der Waals surface area contributed by atoms with Crippen LogP contribution < -0.4 is 10.2 Å². The average Bonchev–Trinajstić information content (AvgIpc) is 3.00. The number of anilines is 2. The molecule has 1 aliphatic rings. The van der Waals surface area contributed by atoms with Crippen LogP contribution in [0.15, 0.2) is 42.5 Å². The summed E-state index contributed by atoms with van der Waals surface area (Å²) in [7, 11) is 0. The lowest BCUT2D eigenvalue weighted by atomic mass is 10.0. The minimum Gasteiger partial charge on any atom is -0.325 e. The van der Waals surface area contributed by atoms with Crippen molar-refractivity contribution in [2.75, 3.05) is 16.8 Å². The standard InChI is InChI=1S/C21H23ClN2O2/c1-13(2)17-6-4-5-7-19(17)24-12-15(10-20(24)25)21(26)23-18-11-16(22)9-8-14(18)3/h4-9,11,13,15H,10,12H2,1-3H3,(H,23,26). The van der Waals surface area contributed by atoms with Gasteiger partial charge in [0.2, 0.25) is 11.8 Å². The van der Waals surface area contributed by atoms with Crippen LogP contribution in [0.5, 0.6) is 0 Å². The third-order valence-electron chi connectivity index (χ3n) is 4.80. The first kappa shape index (κ1) is 18.5. The molecule has 2 amide bonds. The molecule has 26 heavy (non-hydrogen) atoms. The van der Waals surface area contributed by atoms with Crippen molar-refractivity contribution in [3.05, 3.63) is 58.6 Å². The van der Waals surface area contributed by atoms with Gasteiger partial charge in [-0.15, -0.1) is 0 Å². The molecule has 0 radical (unpaired) electrons. The van der Waals surface area contributed by atoms with Crippen LogP contribution in [0, 0.1) is 12.8 Å². The molecule has 2 aromatic rings. The molecule has 1 heterocycles. The SMILES string of the molecule is Cc1ccc(Cl)cc1NC(=O)C1CC(=O)N(c2ccccc2C(C)C)C1. The third-order valence-corrected chi connectivity index (χ3v) is 5.04. The van der Waals surface area contributed by atoms with Gasteiger partial charge in [-0.25, -0.2) is 0 Å². The highest BCUT2D eigenvalue weighted by Crippen LogP contribution is 2.32. The van der Waals surface area contributed by atoms with E-state index in [0.717, 1.165) is 16.8 Å². The van der Waals surface area contributed by atoms with Crippen molar-refractivity contribution in [3.8, 4) is 0 Å². The van der Waals surface area contributed by atoms with E-state index in [9.17, 15) is 9.59 Å². The molecule has 1 atom stereocenters. The maximum absolute atomic E-state index is 12.7. The molecule has 0 saturated carbocycles. The van der Waals surface area contributed by atoms with Crippen LogP contribution >= 0.6 is 11.6 Å². The van der Waals surface area contributed by atoms with Gasteiger partial charge in [0.1, 0.15) is 0 Å². The molecule has 4 nitrogen and oxygen atoms in total. The van der Waals surface area contributed by atoms with Gasteiger partial charge in [-0.2, -0.15) is 0 Å². The van der Waals surface area contributed by atoms with E-state index in [-0.39, 0.29) is 24.2 Å². The molecule has 0 aromatic heterocycles. The molecule has 2 aromatic carbocycles. The summed E-state index contributed by atoms with van der Waals surface area (Å²) in [5.41, 5.74) is 3.65. The number of nitrogens with zero attached hydrogens (tertiary/aromatic N) is 1. The van der Waals surface area contributed by atoms with Crippen molar-refractivity contribution in [1.82, 2.24) is 0 Å². The van der Waals surface area contributed by atoms with Crippen molar-refractivity contribution in [2.24, 2.45) is 5.92 Å².